The van der Waals surface area contributed by atoms with Crippen LogP contribution >= 0.6 is 0 Å². The highest BCUT2D eigenvalue weighted by Gasteiger charge is 2.27. The number of amides is 3. The Bertz CT molecular complexity index is 1520. The molecule has 8 nitrogen and oxygen atoms in total. The second kappa shape index (κ2) is 12.2. The van der Waals surface area contributed by atoms with Crippen LogP contribution in [0.3, 0.4) is 0 Å². The van der Waals surface area contributed by atoms with Crippen LogP contribution in [0, 0.1) is 6.92 Å². The molecule has 4 aromatic carbocycles. The van der Waals surface area contributed by atoms with Crippen LogP contribution < -0.4 is 26.6 Å². The zero-order valence-electron chi connectivity index (χ0n) is 22.3. The van der Waals surface area contributed by atoms with Crippen molar-refractivity contribution < 1.29 is 14.4 Å². The van der Waals surface area contributed by atoms with Gasteiger partial charge in [0.15, 0.2) is 0 Å². The summed E-state index contributed by atoms with van der Waals surface area (Å²) in [6.07, 6.45) is 0. The standard InChI is InChI=1S/C31H33N5O3/c1-20-15-16-22-9-4-5-12-25(22)26(20)19-36(31(39)21(2)34-29(37)18-33-3)28-14-7-6-13-27(28)35-30(38)23-10-8-11-24(32)17-23/h4-17,21,33H,18-19,32H2,1-3H3,(H,34,37)(H,35,38). The van der Waals surface area contributed by atoms with E-state index in [0.29, 0.717) is 22.6 Å². The molecule has 0 saturated carbocycles. The summed E-state index contributed by atoms with van der Waals surface area (Å²) < 4.78 is 0. The minimum Gasteiger partial charge on any atom is -0.399 e. The van der Waals surface area contributed by atoms with Gasteiger partial charge in [0.2, 0.25) is 11.8 Å². The lowest BCUT2D eigenvalue weighted by Gasteiger charge is -2.29. The Balaban J connectivity index is 1.76. The zero-order chi connectivity index (χ0) is 27.9. The van der Waals surface area contributed by atoms with Crippen molar-refractivity contribution in [3.63, 3.8) is 0 Å². The smallest absolute Gasteiger partial charge is 0.255 e. The molecule has 0 spiro atoms. The summed E-state index contributed by atoms with van der Waals surface area (Å²) in [6, 6.07) is 25.1. The van der Waals surface area contributed by atoms with E-state index in [2.05, 4.69) is 22.0 Å². The Morgan fingerprint density at radius 2 is 1.67 bits per heavy atom. The van der Waals surface area contributed by atoms with E-state index in [1.54, 1.807) is 61.3 Å². The highest BCUT2D eigenvalue weighted by atomic mass is 16.2. The number of carbonyl (C=O) groups is 3. The summed E-state index contributed by atoms with van der Waals surface area (Å²) >= 11 is 0. The summed E-state index contributed by atoms with van der Waals surface area (Å²) in [7, 11) is 1.67. The maximum atomic E-state index is 13.9. The third-order valence-electron chi connectivity index (χ3n) is 6.53. The van der Waals surface area contributed by atoms with E-state index >= 15 is 0 Å². The van der Waals surface area contributed by atoms with Gasteiger partial charge in [0.1, 0.15) is 6.04 Å². The van der Waals surface area contributed by atoms with Crippen LogP contribution in [0.2, 0.25) is 0 Å². The number of fused-ring (bicyclic) bond motifs is 1. The van der Waals surface area contributed by atoms with Crippen molar-refractivity contribution >= 4 is 45.6 Å². The van der Waals surface area contributed by atoms with Gasteiger partial charge < -0.3 is 26.6 Å². The highest BCUT2D eigenvalue weighted by molar-refractivity contribution is 6.09. The summed E-state index contributed by atoms with van der Waals surface area (Å²) in [5.41, 5.74) is 9.74. The Hall–Kier alpha value is -4.69. The number of hydrogen-bond donors (Lipinski definition) is 4. The average molecular weight is 524 g/mol. The molecular weight excluding hydrogens is 490 g/mol. The molecule has 0 radical (unpaired) electrons. The van der Waals surface area contributed by atoms with Crippen LogP contribution in [0.1, 0.15) is 28.4 Å². The van der Waals surface area contributed by atoms with E-state index < -0.39 is 6.04 Å². The van der Waals surface area contributed by atoms with Crippen LogP contribution in [0.4, 0.5) is 17.1 Å². The predicted molar refractivity (Wildman–Crippen MR) is 157 cm³/mol. The Labute approximate surface area is 228 Å². The van der Waals surface area contributed by atoms with Crippen LogP contribution in [-0.2, 0) is 16.1 Å². The van der Waals surface area contributed by atoms with Gasteiger partial charge >= 0.3 is 0 Å². The van der Waals surface area contributed by atoms with Crippen LogP contribution in [0.5, 0.6) is 0 Å². The number of carbonyl (C=O) groups excluding carboxylic acids is 3. The Morgan fingerprint density at radius 3 is 2.44 bits per heavy atom. The number of aryl methyl sites for hydroxylation is 1. The summed E-state index contributed by atoms with van der Waals surface area (Å²) in [4.78, 5) is 41.0. The fraction of sp³-hybridized carbons (Fsp3) is 0.194. The first-order valence-electron chi connectivity index (χ1n) is 12.8. The number of hydrogen-bond acceptors (Lipinski definition) is 5. The van der Waals surface area contributed by atoms with Gasteiger partial charge in [-0.3, -0.25) is 14.4 Å². The quantitative estimate of drug-likeness (QED) is 0.245. The van der Waals surface area contributed by atoms with E-state index in [1.807, 2.05) is 43.3 Å². The lowest BCUT2D eigenvalue weighted by atomic mass is 9.98. The monoisotopic (exact) mass is 523 g/mol. The van der Waals surface area contributed by atoms with E-state index in [-0.39, 0.29) is 30.8 Å². The molecule has 8 heteroatoms. The topological polar surface area (TPSA) is 117 Å². The molecule has 200 valence electrons. The minimum absolute atomic E-state index is 0.0902. The molecule has 0 heterocycles. The summed E-state index contributed by atoms with van der Waals surface area (Å²) in [6.45, 7) is 4.00. The Kier molecular flexibility index (Phi) is 8.58. The number of nitrogens with zero attached hydrogens (tertiary/aromatic N) is 1. The van der Waals surface area contributed by atoms with Crippen LogP contribution in [0.25, 0.3) is 10.8 Å². The van der Waals surface area contributed by atoms with E-state index in [1.165, 1.54) is 0 Å². The van der Waals surface area contributed by atoms with Crippen LogP contribution in [-0.4, -0.2) is 37.4 Å². The first-order valence-corrected chi connectivity index (χ1v) is 12.8. The van der Waals surface area contributed by atoms with Crippen molar-refractivity contribution in [1.29, 1.82) is 0 Å². The van der Waals surface area contributed by atoms with Gasteiger partial charge in [-0.15, -0.1) is 0 Å². The first-order chi connectivity index (χ1) is 18.8. The van der Waals surface area contributed by atoms with Gasteiger partial charge in [-0.05, 0) is 73.1 Å². The van der Waals surface area contributed by atoms with Gasteiger partial charge in [0, 0.05) is 11.3 Å². The molecule has 0 aromatic heterocycles. The number of rotatable bonds is 9. The number of anilines is 3. The molecule has 0 fully saturated rings. The minimum atomic E-state index is -0.807. The third-order valence-corrected chi connectivity index (χ3v) is 6.53. The van der Waals surface area contributed by atoms with Gasteiger partial charge in [-0.25, -0.2) is 0 Å². The number of nitrogen functional groups attached to an aromatic ring is 1. The second-order valence-electron chi connectivity index (χ2n) is 9.42. The highest BCUT2D eigenvalue weighted by Crippen LogP contribution is 2.31. The molecule has 39 heavy (non-hydrogen) atoms. The van der Waals surface area contributed by atoms with E-state index in [0.717, 1.165) is 21.9 Å². The molecule has 0 aliphatic rings. The normalized spacial score (nSPS) is 11.6. The molecule has 1 atom stereocenters. The van der Waals surface area contributed by atoms with E-state index in [9.17, 15) is 14.4 Å². The lowest BCUT2D eigenvalue weighted by molar-refractivity contribution is -0.126. The summed E-state index contributed by atoms with van der Waals surface area (Å²) in [5, 5.41) is 10.6. The van der Waals surface area contributed by atoms with Crippen molar-refractivity contribution in [3.8, 4) is 0 Å². The van der Waals surface area contributed by atoms with Crippen LogP contribution in [0.15, 0.2) is 84.9 Å². The van der Waals surface area contributed by atoms with Gasteiger partial charge in [-0.1, -0.05) is 54.6 Å². The number of nitrogens with one attached hydrogen (secondary N) is 3. The number of para-hydroxylation sites is 2. The van der Waals surface area contributed by atoms with Gasteiger partial charge in [0.05, 0.1) is 24.5 Å². The number of nitrogens with two attached hydrogens (primary N) is 1. The zero-order valence-corrected chi connectivity index (χ0v) is 22.3. The second-order valence-corrected chi connectivity index (χ2v) is 9.42. The largest absolute Gasteiger partial charge is 0.399 e. The molecule has 0 aliphatic carbocycles. The fourth-order valence-corrected chi connectivity index (χ4v) is 4.53. The van der Waals surface area contributed by atoms with Crippen molar-refractivity contribution in [2.45, 2.75) is 26.4 Å². The van der Waals surface area contributed by atoms with Crippen molar-refractivity contribution in [2.75, 3.05) is 29.5 Å². The molecule has 0 bridgehead atoms. The lowest BCUT2D eigenvalue weighted by Crippen LogP contribution is -2.48. The van der Waals surface area contributed by atoms with Gasteiger partial charge in [-0.2, -0.15) is 0 Å². The molecule has 0 saturated heterocycles. The molecule has 5 N–H and O–H groups in total. The Morgan fingerprint density at radius 1 is 0.923 bits per heavy atom. The molecule has 1 unspecified atom stereocenters. The van der Waals surface area contributed by atoms with Crippen molar-refractivity contribution in [2.24, 2.45) is 0 Å². The molecule has 0 aliphatic heterocycles. The number of likely N-dealkylation sites (N-methyl/N-ethyl adjacent to an activating group) is 1. The maximum Gasteiger partial charge on any atom is 0.255 e. The molecule has 4 aromatic rings. The number of benzene rings is 4. The maximum absolute atomic E-state index is 13.9. The van der Waals surface area contributed by atoms with Crippen molar-refractivity contribution in [3.05, 3.63) is 102 Å². The summed E-state index contributed by atoms with van der Waals surface area (Å²) in [5.74, 6) is -0.945. The average Bonchev–Trinajstić information content (AvgIpc) is 2.93. The first kappa shape index (κ1) is 27.3. The molecule has 3 amide bonds. The van der Waals surface area contributed by atoms with Gasteiger partial charge in [0.25, 0.3) is 5.91 Å². The third kappa shape index (κ3) is 6.42. The molecular formula is C31H33N5O3. The SMILES string of the molecule is CNCC(=O)NC(C)C(=O)N(Cc1c(C)ccc2ccccc12)c1ccccc1NC(=O)c1cccc(N)c1. The van der Waals surface area contributed by atoms with E-state index in [4.69, 9.17) is 5.73 Å². The van der Waals surface area contributed by atoms with Crippen molar-refractivity contribution in [1.82, 2.24) is 10.6 Å². The fourth-order valence-electron chi connectivity index (χ4n) is 4.53. The molecule has 4 rings (SSSR count). The predicted octanol–water partition coefficient (Wildman–Crippen LogP) is 4.24.